The van der Waals surface area contributed by atoms with Crippen LogP contribution >= 0.6 is 11.8 Å². The van der Waals surface area contributed by atoms with Crippen molar-refractivity contribution in [3.8, 4) is 0 Å². The van der Waals surface area contributed by atoms with Gasteiger partial charge in [-0.1, -0.05) is 20.8 Å². The van der Waals surface area contributed by atoms with Crippen molar-refractivity contribution in [2.75, 3.05) is 32.6 Å². The number of aromatic nitrogens is 2. The van der Waals surface area contributed by atoms with Crippen molar-refractivity contribution in [1.29, 1.82) is 0 Å². The first-order valence-corrected chi connectivity index (χ1v) is 11.2. The standard InChI is InChI=1S/C22H33N3O2S/c1-16(26)24-10-8-17(9-11-24)15-25-20-7-6-18(28-13-12-27-5)14-19(20)23-21(25)22(2,3)4/h6-7,14,17H,8-13,15H2,1-5H3. The molecule has 0 N–H and O–H groups in total. The van der Waals surface area contributed by atoms with Crippen molar-refractivity contribution in [3.05, 3.63) is 24.0 Å². The van der Waals surface area contributed by atoms with Gasteiger partial charge in [0.15, 0.2) is 0 Å². The van der Waals surface area contributed by atoms with Crippen LogP contribution in [-0.4, -0.2) is 52.9 Å². The number of piperidine rings is 1. The van der Waals surface area contributed by atoms with Crippen molar-refractivity contribution in [2.24, 2.45) is 5.92 Å². The van der Waals surface area contributed by atoms with Gasteiger partial charge in [0.05, 0.1) is 17.6 Å². The van der Waals surface area contributed by atoms with Crippen LogP contribution in [0.15, 0.2) is 23.1 Å². The lowest BCUT2D eigenvalue weighted by Gasteiger charge is -2.32. The molecule has 2 aromatic rings. The number of carbonyl (C=O) groups excluding carboxylic acids is 1. The predicted molar refractivity (Wildman–Crippen MR) is 116 cm³/mol. The Kier molecular flexibility index (Phi) is 6.71. The Balaban J connectivity index is 1.84. The van der Waals surface area contributed by atoms with Crippen LogP contribution in [0.4, 0.5) is 0 Å². The van der Waals surface area contributed by atoms with Crippen LogP contribution in [0.25, 0.3) is 11.0 Å². The minimum Gasteiger partial charge on any atom is -0.384 e. The lowest BCUT2D eigenvalue weighted by Crippen LogP contribution is -2.38. The summed E-state index contributed by atoms with van der Waals surface area (Å²) in [6.45, 7) is 11.8. The summed E-state index contributed by atoms with van der Waals surface area (Å²) in [6, 6.07) is 6.63. The Morgan fingerprint density at radius 3 is 2.61 bits per heavy atom. The largest absolute Gasteiger partial charge is 0.384 e. The summed E-state index contributed by atoms with van der Waals surface area (Å²) in [6.07, 6.45) is 2.13. The Morgan fingerprint density at radius 2 is 2.00 bits per heavy atom. The first-order chi connectivity index (χ1) is 13.3. The average molecular weight is 404 g/mol. The van der Waals surface area contributed by atoms with Crippen molar-refractivity contribution in [3.63, 3.8) is 0 Å². The highest BCUT2D eigenvalue weighted by Gasteiger charge is 2.27. The van der Waals surface area contributed by atoms with Gasteiger partial charge in [0.1, 0.15) is 5.82 Å². The van der Waals surface area contributed by atoms with E-state index in [0.717, 1.165) is 56.2 Å². The van der Waals surface area contributed by atoms with E-state index >= 15 is 0 Å². The van der Waals surface area contributed by atoms with Crippen LogP contribution in [0.1, 0.15) is 46.4 Å². The lowest BCUT2D eigenvalue weighted by molar-refractivity contribution is -0.130. The highest BCUT2D eigenvalue weighted by atomic mass is 32.2. The highest BCUT2D eigenvalue weighted by molar-refractivity contribution is 7.99. The number of amides is 1. The van der Waals surface area contributed by atoms with E-state index in [2.05, 4.69) is 43.5 Å². The van der Waals surface area contributed by atoms with Crippen LogP contribution in [0.5, 0.6) is 0 Å². The molecular formula is C22H33N3O2S. The number of thioether (sulfide) groups is 1. The van der Waals surface area contributed by atoms with Gasteiger partial charge in [0.25, 0.3) is 0 Å². The molecule has 0 radical (unpaired) electrons. The molecule has 1 fully saturated rings. The maximum absolute atomic E-state index is 11.6. The molecule has 6 heteroatoms. The van der Waals surface area contributed by atoms with Crippen LogP contribution in [0.3, 0.4) is 0 Å². The molecule has 154 valence electrons. The third-order valence-electron chi connectivity index (χ3n) is 5.45. The Morgan fingerprint density at radius 1 is 1.29 bits per heavy atom. The van der Waals surface area contributed by atoms with E-state index in [1.165, 1.54) is 10.4 Å². The number of imidazole rings is 1. The monoisotopic (exact) mass is 403 g/mol. The molecule has 1 aromatic heterocycles. The molecule has 0 saturated carbocycles. The second kappa shape index (κ2) is 8.87. The van der Waals surface area contributed by atoms with E-state index in [-0.39, 0.29) is 11.3 Å². The van der Waals surface area contributed by atoms with E-state index in [9.17, 15) is 4.79 Å². The number of hydrogen-bond donors (Lipinski definition) is 0. The third kappa shape index (κ3) is 4.90. The van der Waals surface area contributed by atoms with Crippen molar-refractivity contribution < 1.29 is 9.53 Å². The number of rotatable bonds is 6. The first-order valence-electron chi connectivity index (χ1n) is 10.2. The highest BCUT2D eigenvalue weighted by Crippen LogP contribution is 2.31. The van der Waals surface area contributed by atoms with Crippen LogP contribution in [0, 0.1) is 5.92 Å². The molecular weight excluding hydrogens is 370 g/mol. The number of nitrogens with zero attached hydrogens (tertiary/aromatic N) is 3. The van der Waals surface area contributed by atoms with E-state index in [0.29, 0.717) is 5.92 Å². The van der Waals surface area contributed by atoms with Crippen LogP contribution in [0.2, 0.25) is 0 Å². The molecule has 1 aliphatic heterocycles. The molecule has 0 aliphatic carbocycles. The van der Waals surface area contributed by atoms with Crippen LogP contribution in [-0.2, 0) is 21.5 Å². The molecule has 1 amide bonds. The topological polar surface area (TPSA) is 47.4 Å². The quantitative estimate of drug-likeness (QED) is 0.532. The molecule has 1 aliphatic rings. The number of hydrogen-bond acceptors (Lipinski definition) is 4. The molecule has 28 heavy (non-hydrogen) atoms. The number of fused-ring (bicyclic) bond motifs is 1. The molecule has 0 spiro atoms. The third-order valence-corrected chi connectivity index (χ3v) is 6.41. The summed E-state index contributed by atoms with van der Waals surface area (Å²) in [5.41, 5.74) is 2.28. The molecule has 1 aromatic carbocycles. The number of benzene rings is 1. The van der Waals surface area contributed by atoms with Crippen LogP contribution < -0.4 is 0 Å². The molecule has 1 saturated heterocycles. The van der Waals surface area contributed by atoms with E-state index < -0.39 is 0 Å². The van der Waals surface area contributed by atoms with Gasteiger partial charge in [-0.25, -0.2) is 4.98 Å². The predicted octanol–water partition coefficient (Wildman–Crippen LogP) is 4.33. The van der Waals surface area contributed by atoms with E-state index in [4.69, 9.17) is 9.72 Å². The van der Waals surface area contributed by atoms with Gasteiger partial charge in [-0.05, 0) is 37.0 Å². The zero-order valence-corrected chi connectivity index (χ0v) is 18.6. The Bertz CT molecular complexity index is 817. The van der Waals surface area contributed by atoms with Gasteiger partial charge in [-0.2, -0.15) is 0 Å². The second-order valence-electron chi connectivity index (χ2n) is 8.74. The van der Waals surface area contributed by atoms with E-state index in [1.807, 2.05) is 16.7 Å². The van der Waals surface area contributed by atoms with Gasteiger partial charge in [0.2, 0.25) is 5.91 Å². The smallest absolute Gasteiger partial charge is 0.219 e. The fourth-order valence-corrected chi connectivity index (χ4v) is 4.73. The fraction of sp³-hybridized carbons (Fsp3) is 0.636. The fourth-order valence-electron chi connectivity index (χ4n) is 3.89. The van der Waals surface area contributed by atoms with Gasteiger partial charge in [0, 0.05) is 49.7 Å². The van der Waals surface area contributed by atoms with Gasteiger partial charge >= 0.3 is 0 Å². The van der Waals surface area contributed by atoms with Gasteiger partial charge in [-0.3, -0.25) is 4.79 Å². The second-order valence-corrected chi connectivity index (χ2v) is 9.91. The zero-order chi connectivity index (χ0) is 20.3. The molecule has 0 atom stereocenters. The van der Waals surface area contributed by atoms with E-state index in [1.54, 1.807) is 14.0 Å². The molecule has 5 nitrogen and oxygen atoms in total. The Labute approximate surface area is 172 Å². The average Bonchev–Trinajstić information content (AvgIpc) is 3.00. The summed E-state index contributed by atoms with van der Waals surface area (Å²) in [5, 5.41) is 0. The van der Waals surface area contributed by atoms with Crippen molar-refractivity contribution in [1.82, 2.24) is 14.5 Å². The number of carbonyl (C=O) groups is 1. The normalized spacial score (nSPS) is 16.1. The zero-order valence-electron chi connectivity index (χ0n) is 17.8. The minimum absolute atomic E-state index is 0.0114. The summed E-state index contributed by atoms with van der Waals surface area (Å²) in [7, 11) is 1.74. The summed E-state index contributed by atoms with van der Waals surface area (Å²) in [4.78, 5) is 19.9. The number of methoxy groups -OCH3 is 1. The minimum atomic E-state index is -0.0114. The van der Waals surface area contributed by atoms with Gasteiger partial charge < -0.3 is 14.2 Å². The first kappa shape index (κ1) is 21.2. The Hall–Kier alpha value is -1.53. The maximum Gasteiger partial charge on any atom is 0.219 e. The SMILES string of the molecule is COCCSc1ccc2c(c1)nc(C(C)(C)C)n2CC1CCN(C(C)=O)CC1. The van der Waals surface area contributed by atoms with Crippen molar-refractivity contribution in [2.45, 2.75) is 57.4 Å². The molecule has 3 rings (SSSR count). The maximum atomic E-state index is 11.6. The summed E-state index contributed by atoms with van der Waals surface area (Å²) in [5.74, 6) is 2.88. The number of likely N-dealkylation sites (tertiary alicyclic amines) is 1. The summed E-state index contributed by atoms with van der Waals surface area (Å²) < 4.78 is 7.58. The van der Waals surface area contributed by atoms with Crippen molar-refractivity contribution >= 4 is 28.7 Å². The number of ether oxygens (including phenoxy) is 1. The molecule has 0 bridgehead atoms. The summed E-state index contributed by atoms with van der Waals surface area (Å²) >= 11 is 1.81. The lowest BCUT2D eigenvalue weighted by atomic mass is 9.93. The molecule has 2 heterocycles. The van der Waals surface area contributed by atoms with Gasteiger partial charge in [-0.15, -0.1) is 11.8 Å². The molecule has 0 unspecified atom stereocenters.